The van der Waals surface area contributed by atoms with Gasteiger partial charge >= 0.3 is 0 Å². The van der Waals surface area contributed by atoms with Gasteiger partial charge in [-0.1, -0.05) is 42.0 Å². The lowest BCUT2D eigenvalue weighted by Crippen LogP contribution is -2.30. The monoisotopic (exact) mass is 450 g/mol. The summed E-state index contributed by atoms with van der Waals surface area (Å²) in [5.41, 5.74) is 4.16. The Morgan fingerprint density at radius 1 is 1.06 bits per heavy atom. The van der Waals surface area contributed by atoms with Gasteiger partial charge in [-0.3, -0.25) is 9.10 Å². The zero-order valence-corrected chi connectivity index (χ0v) is 19.0. The van der Waals surface area contributed by atoms with Crippen molar-refractivity contribution in [1.29, 1.82) is 0 Å². The summed E-state index contributed by atoms with van der Waals surface area (Å²) in [6.07, 6.45) is 1.29. The minimum absolute atomic E-state index is 0.113. The molecule has 32 heavy (non-hydrogen) atoms. The number of fused-ring (bicyclic) bond motifs is 1. The second kappa shape index (κ2) is 9.04. The largest absolute Gasteiger partial charge is 0.496 e. The number of para-hydroxylation sites is 1. The highest BCUT2D eigenvalue weighted by Crippen LogP contribution is 2.32. The van der Waals surface area contributed by atoms with Crippen LogP contribution < -0.4 is 14.4 Å². The highest BCUT2D eigenvalue weighted by atomic mass is 32.2. The zero-order valence-electron chi connectivity index (χ0n) is 18.2. The maximum Gasteiger partial charge on any atom is 0.264 e. The maximum atomic E-state index is 13.3. The molecule has 0 bridgehead atoms. The van der Waals surface area contributed by atoms with Gasteiger partial charge in [0.15, 0.2) is 0 Å². The third kappa shape index (κ3) is 4.34. The predicted octanol–water partition coefficient (Wildman–Crippen LogP) is 3.73. The Kier molecular flexibility index (Phi) is 6.19. The van der Waals surface area contributed by atoms with Gasteiger partial charge in [0.25, 0.3) is 15.9 Å². The first-order valence-corrected chi connectivity index (χ1v) is 12.0. The average Bonchev–Trinajstić information content (AvgIpc) is 3.24. The fourth-order valence-corrected chi connectivity index (χ4v) is 5.55. The van der Waals surface area contributed by atoms with Gasteiger partial charge in [0.1, 0.15) is 5.75 Å². The highest BCUT2D eigenvalue weighted by Gasteiger charge is 2.30. The molecule has 0 aliphatic carbocycles. The number of anilines is 1. The van der Waals surface area contributed by atoms with Crippen molar-refractivity contribution in [2.75, 3.05) is 24.5 Å². The highest BCUT2D eigenvalue weighted by molar-refractivity contribution is 7.92. The van der Waals surface area contributed by atoms with Crippen LogP contribution in [0.3, 0.4) is 0 Å². The molecule has 0 saturated carbocycles. The number of carbonyl (C=O) groups excluding carboxylic acids is 1. The number of carbonyl (C=O) groups is 1. The number of rotatable bonds is 7. The summed E-state index contributed by atoms with van der Waals surface area (Å²) >= 11 is 0. The SMILES string of the molecule is COc1ccc(C)cc1CCNC(=O)c1cccc(S(=O)(=O)N2CCc3ccccc32)c1. The molecule has 3 aromatic carbocycles. The predicted molar refractivity (Wildman–Crippen MR) is 125 cm³/mol. The molecule has 0 radical (unpaired) electrons. The number of methoxy groups -OCH3 is 1. The Bertz CT molecular complexity index is 1250. The molecular formula is C25H26N2O4S. The molecule has 1 aliphatic rings. The lowest BCUT2D eigenvalue weighted by atomic mass is 10.1. The molecule has 4 rings (SSSR count). The number of benzene rings is 3. The maximum absolute atomic E-state index is 13.3. The van der Waals surface area contributed by atoms with Gasteiger partial charge in [0.05, 0.1) is 17.7 Å². The second-order valence-corrected chi connectivity index (χ2v) is 9.67. The molecule has 3 aromatic rings. The molecule has 1 aliphatic heterocycles. The van der Waals surface area contributed by atoms with Crippen LogP contribution in [0.5, 0.6) is 5.75 Å². The van der Waals surface area contributed by atoms with Crippen LogP contribution in [0, 0.1) is 6.92 Å². The second-order valence-electron chi connectivity index (χ2n) is 7.80. The molecule has 0 saturated heterocycles. The number of hydrogen-bond acceptors (Lipinski definition) is 4. The van der Waals surface area contributed by atoms with Crippen molar-refractivity contribution in [2.24, 2.45) is 0 Å². The Morgan fingerprint density at radius 2 is 1.88 bits per heavy atom. The average molecular weight is 451 g/mol. The topological polar surface area (TPSA) is 75.7 Å². The number of sulfonamides is 1. The molecule has 0 spiro atoms. The minimum atomic E-state index is -3.75. The molecule has 1 amide bonds. The standard InChI is InChI=1S/C25H26N2O4S/c1-18-10-11-24(31-2)20(16-18)12-14-26-25(28)21-7-5-8-22(17-21)32(29,30)27-15-13-19-6-3-4-9-23(19)27/h3-11,16-17H,12-15H2,1-2H3,(H,26,28). The van der Waals surface area contributed by atoms with Gasteiger partial charge in [-0.2, -0.15) is 0 Å². The van der Waals surface area contributed by atoms with E-state index in [4.69, 9.17) is 4.74 Å². The van der Waals surface area contributed by atoms with E-state index in [9.17, 15) is 13.2 Å². The fourth-order valence-electron chi connectivity index (χ4n) is 4.00. The molecule has 7 heteroatoms. The van der Waals surface area contributed by atoms with E-state index in [-0.39, 0.29) is 10.8 Å². The van der Waals surface area contributed by atoms with Gasteiger partial charge < -0.3 is 10.1 Å². The van der Waals surface area contributed by atoms with Crippen LogP contribution in [0.15, 0.2) is 71.6 Å². The van der Waals surface area contributed by atoms with Crippen LogP contribution in [0.1, 0.15) is 27.0 Å². The van der Waals surface area contributed by atoms with E-state index in [1.54, 1.807) is 19.2 Å². The lowest BCUT2D eigenvalue weighted by Gasteiger charge is -2.20. The number of nitrogens with one attached hydrogen (secondary N) is 1. The van der Waals surface area contributed by atoms with Crippen LogP contribution in [-0.2, 0) is 22.9 Å². The first-order valence-electron chi connectivity index (χ1n) is 10.5. The third-order valence-electron chi connectivity index (χ3n) is 5.64. The van der Waals surface area contributed by atoms with Gasteiger partial charge in [0.2, 0.25) is 0 Å². The van der Waals surface area contributed by atoms with Gasteiger partial charge in [-0.25, -0.2) is 8.42 Å². The number of amides is 1. The van der Waals surface area contributed by atoms with Crippen LogP contribution in [-0.4, -0.2) is 34.5 Å². The van der Waals surface area contributed by atoms with E-state index in [1.165, 1.54) is 16.4 Å². The van der Waals surface area contributed by atoms with Crippen molar-refractivity contribution in [3.63, 3.8) is 0 Å². The summed E-state index contributed by atoms with van der Waals surface area (Å²) in [6, 6.07) is 19.6. The molecule has 0 aromatic heterocycles. The molecule has 1 heterocycles. The summed E-state index contributed by atoms with van der Waals surface area (Å²) in [5, 5.41) is 2.88. The van der Waals surface area contributed by atoms with E-state index in [0.29, 0.717) is 37.2 Å². The Morgan fingerprint density at radius 3 is 2.69 bits per heavy atom. The number of ether oxygens (including phenoxy) is 1. The summed E-state index contributed by atoms with van der Waals surface area (Å²) in [6.45, 7) is 2.82. The quantitative estimate of drug-likeness (QED) is 0.595. The van der Waals surface area contributed by atoms with Crippen LogP contribution in [0.2, 0.25) is 0 Å². The van der Waals surface area contributed by atoms with Crippen molar-refractivity contribution in [2.45, 2.75) is 24.7 Å². The lowest BCUT2D eigenvalue weighted by molar-refractivity contribution is 0.0954. The normalized spacial score (nSPS) is 13.0. The van der Waals surface area contributed by atoms with Crippen molar-refractivity contribution in [3.8, 4) is 5.75 Å². The molecule has 1 N–H and O–H groups in total. The Labute approximate surface area is 188 Å². The minimum Gasteiger partial charge on any atom is -0.496 e. The van der Waals surface area contributed by atoms with Gasteiger partial charge in [-0.15, -0.1) is 0 Å². The molecule has 6 nitrogen and oxygen atoms in total. The van der Waals surface area contributed by atoms with E-state index < -0.39 is 10.0 Å². The van der Waals surface area contributed by atoms with E-state index in [2.05, 4.69) is 5.32 Å². The fraction of sp³-hybridized carbons (Fsp3) is 0.240. The van der Waals surface area contributed by atoms with Crippen molar-refractivity contribution in [3.05, 3.63) is 89.0 Å². The summed E-state index contributed by atoms with van der Waals surface area (Å²) in [5.74, 6) is 0.472. The Balaban J connectivity index is 1.47. The summed E-state index contributed by atoms with van der Waals surface area (Å²) in [7, 11) is -2.13. The molecular weight excluding hydrogens is 424 g/mol. The smallest absolute Gasteiger partial charge is 0.264 e. The van der Waals surface area contributed by atoms with Gasteiger partial charge in [0, 0.05) is 18.7 Å². The molecule has 0 unspecified atom stereocenters. The van der Waals surface area contributed by atoms with Crippen molar-refractivity contribution >= 4 is 21.6 Å². The zero-order chi connectivity index (χ0) is 22.7. The summed E-state index contributed by atoms with van der Waals surface area (Å²) < 4.78 is 33.3. The number of hydrogen-bond donors (Lipinski definition) is 1. The Hall–Kier alpha value is -3.32. The van der Waals surface area contributed by atoms with E-state index >= 15 is 0 Å². The van der Waals surface area contributed by atoms with Crippen LogP contribution >= 0.6 is 0 Å². The first kappa shape index (κ1) is 21.9. The van der Waals surface area contributed by atoms with Crippen LogP contribution in [0.4, 0.5) is 5.69 Å². The number of nitrogens with zero attached hydrogens (tertiary/aromatic N) is 1. The molecule has 166 valence electrons. The summed E-state index contributed by atoms with van der Waals surface area (Å²) in [4.78, 5) is 12.8. The third-order valence-corrected chi connectivity index (χ3v) is 7.45. The van der Waals surface area contributed by atoms with E-state index in [1.807, 2.05) is 49.4 Å². The molecule has 0 fully saturated rings. The van der Waals surface area contributed by atoms with Crippen LogP contribution in [0.25, 0.3) is 0 Å². The number of aryl methyl sites for hydroxylation is 1. The van der Waals surface area contributed by atoms with Crippen molar-refractivity contribution in [1.82, 2.24) is 5.32 Å². The van der Waals surface area contributed by atoms with Crippen molar-refractivity contribution < 1.29 is 17.9 Å². The van der Waals surface area contributed by atoms with Gasteiger partial charge in [-0.05, 0) is 61.2 Å². The van der Waals surface area contributed by atoms with E-state index in [0.717, 1.165) is 22.4 Å². The molecule has 0 atom stereocenters. The first-order chi connectivity index (χ1) is 15.4.